The van der Waals surface area contributed by atoms with Crippen LogP contribution in [0.3, 0.4) is 0 Å². The number of nitrogens with one attached hydrogen (secondary N) is 1. The number of para-hydroxylation sites is 1. The first-order valence-corrected chi connectivity index (χ1v) is 6.99. The van der Waals surface area contributed by atoms with Crippen molar-refractivity contribution in [3.63, 3.8) is 0 Å². The molecule has 2 aliphatic rings. The number of carbonyl (C=O) groups excluding carboxylic acids is 1. The van der Waals surface area contributed by atoms with Gasteiger partial charge in [-0.1, -0.05) is 6.07 Å². The van der Waals surface area contributed by atoms with Crippen LogP contribution < -0.4 is 14.8 Å². The van der Waals surface area contributed by atoms with Crippen molar-refractivity contribution in [3.8, 4) is 11.5 Å². The Bertz CT molecular complexity index is 518. The van der Waals surface area contributed by atoms with E-state index in [0.29, 0.717) is 29.0 Å². The molecule has 0 aromatic heterocycles. The van der Waals surface area contributed by atoms with Gasteiger partial charge in [-0.05, 0) is 24.5 Å². The molecule has 1 amide bonds. The van der Waals surface area contributed by atoms with Gasteiger partial charge in [-0.25, -0.2) is 0 Å². The van der Waals surface area contributed by atoms with E-state index in [1.807, 2.05) is 11.0 Å². The number of hydrogen-bond donors (Lipinski definition) is 1. The average molecular weight is 276 g/mol. The van der Waals surface area contributed by atoms with Crippen LogP contribution in [0.25, 0.3) is 0 Å². The van der Waals surface area contributed by atoms with Crippen molar-refractivity contribution < 1.29 is 14.3 Å². The van der Waals surface area contributed by atoms with Gasteiger partial charge in [-0.15, -0.1) is 0 Å². The lowest BCUT2D eigenvalue weighted by atomic mass is 10.0. The van der Waals surface area contributed by atoms with Crippen LogP contribution in [0.15, 0.2) is 18.2 Å². The topological polar surface area (TPSA) is 50.8 Å². The quantitative estimate of drug-likeness (QED) is 0.899. The molecular formula is C15H20N2O3. The summed E-state index contributed by atoms with van der Waals surface area (Å²) in [5.74, 6) is 1.75. The molecule has 1 N–H and O–H groups in total. The van der Waals surface area contributed by atoms with E-state index in [1.165, 1.54) is 0 Å². The number of ether oxygens (including phenoxy) is 2. The zero-order chi connectivity index (χ0) is 14.1. The van der Waals surface area contributed by atoms with Crippen molar-refractivity contribution in [1.82, 2.24) is 10.2 Å². The molecule has 0 bridgehead atoms. The Hall–Kier alpha value is -1.75. The number of hydrogen-bond acceptors (Lipinski definition) is 4. The first kappa shape index (κ1) is 13.2. The van der Waals surface area contributed by atoms with Crippen molar-refractivity contribution in [2.75, 3.05) is 33.9 Å². The summed E-state index contributed by atoms with van der Waals surface area (Å²) in [4.78, 5) is 14.8. The standard InChI is InChI=1S/C15H20N2O3/c1-19-13-5-3-4-11(14(13)20-2)15(18)17-7-6-10-8-16-9-12(10)17/h3-5,10,12,16H,6-9H2,1-2H3/t10-,12+/m0/s1. The molecule has 2 aliphatic heterocycles. The number of benzene rings is 1. The van der Waals surface area contributed by atoms with E-state index in [0.717, 1.165) is 26.1 Å². The Balaban J connectivity index is 1.91. The number of rotatable bonds is 3. The summed E-state index contributed by atoms with van der Waals surface area (Å²) in [6.45, 7) is 2.74. The third-order valence-electron chi connectivity index (χ3n) is 4.34. The summed E-state index contributed by atoms with van der Waals surface area (Å²) in [6.07, 6.45) is 1.08. The van der Waals surface area contributed by atoms with Crippen molar-refractivity contribution in [3.05, 3.63) is 23.8 Å². The maximum absolute atomic E-state index is 12.8. The van der Waals surface area contributed by atoms with Crippen molar-refractivity contribution in [1.29, 1.82) is 0 Å². The summed E-state index contributed by atoms with van der Waals surface area (Å²) >= 11 is 0. The van der Waals surface area contributed by atoms with Crippen LogP contribution >= 0.6 is 0 Å². The largest absolute Gasteiger partial charge is 0.493 e. The molecule has 108 valence electrons. The lowest BCUT2D eigenvalue weighted by molar-refractivity contribution is 0.0733. The maximum atomic E-state index is 12.8. The third kappa shape index (κ3) is 2.02. The van der Waals surface area contributed by atoms with Crippen LogP contribution in [-0.2, 0) is 0 Å². The minimum atomic E-state index is 0.0388. The number of nitrogens with zero attached hydrogens (tertiary/aromatic N) is 1. The summed E-state index contributed by atoms with van der Waals surface area (Å²) in [5, 5.41) is 3.36. The molecule has 2 saturated heterocycles. The molecule has 2 atom stereocenters. The fraction of sp³-hybridized carbons (Fsp3) is 0.533. The van der Waals surface area contributed by atoms with Gasteiger partial charge in [0.15, 0.2) is 11.5 Å². The van der Waals surface area contributed by atoms with E-state index in [2.05, 4.69) is 5.32 Å². The second kappa shape index (κ2) is 5.32. The summed E-state index contributed by atoms with van der Waals surface area (Å²) in [7, 11) is 3.15. The predicted molar refractivity (Wildman–Crippen MR) is 75.3 cm³/mol. The molecule has 2 fully saturated rings. The van der Waals surface area contributed by atoms with E-state index < -0.39 is 0 Å². The van der Waals surface area contributed by atoms with Crippen LogP contribution in [0.2, 0.25) is 0 Å². The number of carbonyl (C=O) groups is 1. The minimum absolute atomic E-state index is 0.0388. The smallest absolute Gasteiger partial charge is 0.258 e. The van der Waals surface area contributed by atoms with Gasteiger partial charge < -0.3 is 19.7 Å². The third-order valence-corrected chi connectivity index (χ3v) is 4.34. The van der Waals surface area contributed by atoms with Gasteiger partial charge in [0.25, 0.3) is 5.91 Å². The Morgan fingerprint density at radius 1 is 1.30 bits per heavy atom. The fourth-order valence-electron chi connectivity index (χ4n) is 3.31. The zero-order valence-corrected chi connectivity index (χ0v) is 11.9. The zero-order valence-electron chi connectivity index (χ0n) is 11.9. The van der Waals surface area contributed by atoms with Crippen molar-refractivity contribution in [2.45, 2.75) is 12.5 Å². The van der Waals surface area contributed by atoms with Crippen molar-refractivity contribution >= 4 is 5.91 Å². The van der Waals surface area contributed by atoms with E-state index >= 15 is 0 Å². The maximum Gasteiger partial charge on any atom is 0.258 e. The van der Waals surface area contributed by atoms with Gasteiger partial charge in [0.1, 0.15) is 0 Å². The lowest BCUT2D eigenvalue weighted by Crippen LogP contribution is -2.39. The second-order valence-electron chi connectivity index (χ2n) is 5.31. The Morgan fingerprint density at radius 3 is 2.90 bits per heavy atom. The molecule has 0 spiro atoms. The monoisotopic (exact) mass is 276 g/mol. The molecule has 1 aromatic carbocycles. The van der Waals surface area contributed by atoms with E-state index in [4.69, 9.17) is 9.47 Å². The number of fused-ring (bicyclic) bond motifs is 1. The van der Waals surface area contributed by atoms with Crippen LogP contribution in [0.1, 0.15) is 16.8 Å². The molecule has 5 nitrogen and oxygen atoms in total. The predicted octanol–water partition coefficient (Wildman–Crippen LogP) is 1.14. The molecule has 0 saturated carbocycles. The molecule has 0 unspecified atom stereocenters. The van der Waals surface area contributed by atoms with E-state index in [9.17, 15) is 4.79 Å². The normalized spacial score (nSPS) is 24.6. The summed E-state index contributed by atoms with van der Waals surface area (Å²) < 4.78 is 10.6. The van der Waals surface area contributed by atoms with E-state index in [1.54, 1.807) is 26.4 Å². The molecule has 0 radical (unpaired) electrons. The summed E-state index contributed by atoms with van der Waals surface area (Å²) in [5.41, 5.74) is 0.583. The van der Waals surface area contributed by atoms with Crippen LogP contribution in [0.4, 0.5) is 0 Å². The highest BCUT2D eigenvalue weighted by Crippen LogP contribution is 2.34. The van der Waals surface area contributed by atoms with Crippen LogP contribution in [0, 0.1) is 5.92 Å². The number of methoxy groups -OCH3 is 2. The molecule has 5 heteroatoms. The Kier molecular flexibility index (Phi) is 3.53. The fourth-order valence-corrected chi connectivity index (χ4v) is 3.31. The van der Waals surface area contributed by atoms with Gasteiger partial charge in [0, 0.05) is 25.7 Å². The highest BCUT2D eigenvalue weighted by Gasteiger charge is 2.40. The summed E-state index contributed by atoms with van der Waals surface area (Å²) in [6, 6.07) is 5.76. The highest BCUT2D eigenvalue weighted by molar-refractivity contribution is 5.98. The SMILES string of the molecule is COc1cccc(C(=O)N2CC[C@H]3CNC[C@H]32)c1OC. The Morgan fingerprint density at radius 2 is 2.15 bits per heavy atom. The Labute approximate surface area is 118 Å². The minimum Gasteiger partial charge on any atom is -0.493 e. The molecule has 3 rings (SSSR count). The molecule has 1 aromatic rings. The number of amides is 1. The van der Waals surface area contributed by atoms with Gasteiger partial charge in [-0.2, -0.15) is 0 Å². The lowest BCUT2D eigenvalue weighted by Gasteiger charge is -2.24. The van der Waals surface area contributed by atoms with Crippen LogP contribution in [-0.4, -0.2) is 50.7 Å². The van der Waals surface area contributed by atoms with Crippen molar-refractivity contribution in [2.24, 2.45) is 5.92 Å². The van der Waals surface area contributed by atoms with Gasteiger partial charge in [0.2, 0.25) is 0 Å². The second-order valence-corrected chi connectivity index (χ2v) is 5.31. The first-order chi connectivity index (χ1) is 9.76. The van der Waals surface area contributed by atoms with E-state index in [-0.39, 0.29) is 5.91 Å². The molecule has 20 heavy (non-hydrogen) atoms. The van der Waals surface area contributed by atoms with Crippen LogP contribution in [0.5, 0.6) is 11.5 Å². The highest BCUT2D eigenvalue weighted by atomic mass is 16.5. The van der Waals surface area contributed by atoms with Gasteiger partial charge in [0.05, 0.1) is 19.8 Å². The number of likely N-dealkylation sites (tertiary alicyclic amines) is 1. The van der Waals surface area contributed by atoms with Gasteiger partial charge >= 0.3 is 0 Å². The van der Waals surface area contributed by atoms with Gasteiger partial charge in [-0.3, -0.25) is 4.79 Å². The molecule has 2 heterocycles. The molecular weight excluding hydrogens is 256 g/mol. The molecule has 0 aliphatic carbocycles. The average Bonchev–Trinajstić information content (AvgIpc) is 3.08. The first-order valence-electron chi connectivity index (χ1n) is 6.99.